The van der Waals surface area contributed by atoms with Crippen LogP contribution in [-0.4, -0.2) is 7.27 Å². The van der Waals surface area contributed by atoms with Crippen LogP contribution in [0.1, 0.15) is 0 Å². The van der Waals surface area contributed by atoms with Gasteiger partial charge in [-0.2, -0.15) is 9.13 Å². The summed E-state index contributed by atoms with van der Waals surface area (Å²) < 4.78 is 50.1. The molecule has 20 heavy (non-hydrogen) atoms. The van der Waals surface area contributed by atoms with Gasteiger partial charge in [0, 0.05) is 24.3 Å². The van der Waals surface area contributed by atoms with Crippen molar-refractivity contribution in [3.63, 3.8) is 0 Å². The van der Waals surface area contributed by atoms with Crippen LogP contribution >= 0.6 is 0 Å². The second-order valence-corrected chi connectivity index (χ2v) is 4.10. The average Bonchev–Trinajstić information content (AvgIpc) is 2.36. The molecule has 0 saturated carbocycles. The zero-order valence-electron chi connectivity index (χ0n) is 11.4. The summed E-state index contributed by atoms with van der Waals surface area (Å²) in [5.74, 6) is -0.719. The summed E-state index contributed by atoms with van der Waals surface area (Å²) in [6, 6.07) is 9.44. The molecule has 0 aliphatic heterocycles. The molecule has 0 radical (unpaired) electrons. The second kappa shape index (κ2) is 7.02. The Morgan fingerprint density at radius 1 is 0.800 bits per heavy atom. The molecule has 0 unspecified atom stereocenters. The number of hydrogen-bond acceptors (Lipinski definition) is 0. The normalized spacial score (nSPS) is 9.75. The molecule has 2 aromatic heterocycles. The molecule has 2 nitrogen and oxygen atoms in total. The quantitative estimate of drug-likeness (QED) is 0.329. The molecule has 0 bridgehead atoms. The number of pyridine rings is 2. The van der Waals surface area contributed by atoms with E-state index >= 15 is 0 Å². The van der Waals surface area contributed by atoms with Crippen molar-refractivity contribution in [2.75, 3.05) is 0 Å². The molecule has 0 aromatic carbocycles. The van der Waals surface area contributed by atoms with Gasteiger partial charge in [0.2, 0.25) is 0 Å². The van der Waals surface area contributed by atoms with Gasteiger partial charge >= 0.3 is 19.2 Å². The summed E-state index contributed by atoms with van der Waals surface area (Å²) in [4.78, 5) is 0. The maximum absolute atomic E-state index is 13.4. The zero-order valence-corrected chi connectivity index (χ0v) is 11.4. The minimum atomic E-state index is -2.17. The van der Waals surface area contributed by atoms with Gasteiger partial charge in [-0.3, -0.25) is 8.63 Å². The van der Waals surface area contributed by atoms with Gasteiger partial charge in [0.15, 0.2) is 0 Å². The highest BCUT2D eigenvalue weighted by molar-refractivity contribution is 6.40. The van der Waals surface area contributed by atoms with Crippen LogP contribution in [0.15, 0.2) is 36.4 Å². The van der Waals surface area contributed by atoms with Crippen LogP contribution in [0.5, 0.6) is 0 Å². The lowest BCUT2D eigenvalue weighted by Crippen LogP contribution is -2.42. The van der Waals surface area contributed by atoms with Gasteiger partial charge in [-0.25, -0.2) is 0 Å². The molecule has 2 rings (SSSR count). The number of rotatable bonds is 1. The first kappa shape index (κ1) is 16.1. The molecule has 0 spiro atoms. The Balaban J connectivity index is 0.000000444. The fourth-order valence-corrected chi connectivity index (χ4v) is 1.63. The highest BCUT2D eigenvalue weighted by atomic mass is 19.2. The van der Waals surface area contributed by atoms with E-state index in [0.29, 0.717) is 11.4 Å². The summed E-state index contributed by atoms with van der Waals surface area (Å²) in [5.41, 5.74) is 1.25. The molecule has 0 fully saturated rings. The van der Waals surface area contributed by atoms with Gasteiger partial charge < -0.3 is 0 Å². The molecule has 0 saturated heterocycles. The largest absolute Gasteiger partial charge is 0.535 e. The smallest absolute Gasteiger partial charge is 0.287 e. The summed E-state index contributed by atoms with van der Waals surface area (Å²) in [6.45, 7) is 0.833. The fraction of sp³-hybridized carbons (Fsp3) is 0.231. The highest BCUT2D eigenvalue weighted by Crippen LogP contribution is 2.10. The van der Waals surface area contributed by atoms with Crippen LogP contribution in [-0.2, 0) is 14.1 Å². The first-order chi connectivity index (χ1) is 9.34. The van der Waals surface area contributed by atoms with Crippen molar-refractivity contribution in [3.05, 3.63) is 48.3 Å². The zero-order chi connectivity index (χ0) is 15.3. The third kappa shape index (κ3) is 4.04. The minimum absolute atomic E-state index is 0.359. The van der Waals surface area contributed by atoms with Crippen molar-refractivity contribution in [3.8, 4) is 11.4 Å². The molecule has 0 aliphatic rings. The van der Waals surface area contributed by atoms with Gasteiger partial charge in [0.25, 0.3) is 11.4 Å². The van der Waals surface area contributed by atoms with Crippen molar-refractivity contribution in [1.82, 2.24) is 0 Å². The van der Waals surface area contributed by atoms with Crippen molar-refractivity contribution < 1.29 is 26.5 Å². The van der Waals surface area contributed by atoms with Crippen LogP contribution < -0.4 is 9.13 Å². The first-order valence-corrected chi connectivity index (χ1v) is 5.92. The monoisotopic (exact) mass is 286 g/mol. The summed E-state index contributed by atoms with van der Waals surface area (Å²) in [7, 11) is 1.05. The lowest BCUT2D eigenvalue weighted by molar-refractivity contribution is -0.718. The van der Waals surface area contributed by atoms with E-state index in [-0.39, 0.29) is 11.9 Å². The van der Waals surface area contributed by atoms with Gasteiger partial charge in [-0.05, 0) is 19.0 Å². The van der Waals surface area contributed by atoms with E-state index in [1.807, 2.05) is 0 Å². The first-order valence-electron chi connectivity index (χ1n) is 5.92. The Labute approximate surface area is 115 Å². The number of aromatic nitrogens is 2. The lowest BCUT2D eigenvalue weighted by atomic mass is 10.1. The number of nitrogens with zero attached hydrogens (tertiary/aromatic N) is 2. The summed E-state index contributed by atoms with van der Waals surface area (Å²) in [6.07, 6.45) is 0. The maximum Gasteiger partial charge on any atom is 0.535 e. The van der Waals surface area contributed by atoms with E-state index < -0.39 is 7.27 Å². The van der Waals surface area contributed by atoms with Gasteiger partial charge in [-0.15, -0.1) is 8.78 Å². The molecule has 7 heteroatoms. The molecule has 2 heterocycles. The predicted octanol–water partition coefficient (Wildman–Crippen LogP) is 2.32. The molecule has 0 aliphatic carbocycles. The molecule has 2 aromatic rings. The molecular formula is C13H15BF4N2+2. The van der Waals surface area contributed by atoms with Crippen molar-refractivity contribution >= 4 is 7.27 Å². The van der Waals surface area contributed by atoms with Crippen LogP contribution in [0.2, 0.25) is 6.82 Å². The Hall–Kier alpha value is -1.92. The van der Waals surface area contributed by atoms with Gasteiger partial charge in [-0.1, -0.05) is 0 Å². The van der Waals surface area contributed by atoms with Crippen molar-refractivity contribution in [2.45, 2.75) is 6.82 Å². The van der Waals surface area contributed by atoms with E-state index in [1.165, 1.54) is 21.3 Å². The number of halogens is 4. The van der Waals surface area contributed by atoms with Gasteiger partial charge in [0.1, 0.15) is 14.1 Å². The van der Waals surface area contributed by atoms with E-state index in [1.54, 1.807) is 38.4 Å². The van der Waals surface area contributed by atoms with Crippen molar-refractivity contribution in [1.29, 1.82) is 0 Å². The summed E-state index contributed by atoms with van der Waals surface area (Å²) in [5, 5.41) is 0. The Kier molecular flexibility index (Phi) is 5.67. The molecular weight excluding hydrogens is 271 g/mol. The molecule has 0 N–H and O–H groups in total. The Morgan fingerprint density at radius 3 is 1.40 bits per heavy atom. The standard InChI is InChI=1S/C12H12F2N2.CH3BF2/c1-15-9(5-3-7-11(15)13)10-6-4-8-12(14)16(10)2;1-2(3)4/h3-8H,1-2H3;1H3/q+2;. The van der Waals surface area contributed by atoms with Crippen LogP contribution in [0.4, 0.5) is 17.4 Å². The lowest BCUT2D eigenvalue weighted by Gasteiger charge is -1.99. The van der Waals surface area contributed by atoms with Crippen LogP contribution in [0, 0.1) is 11.9 Å². The van der Waals surface area contributed by atoms with Crippen LogP contribution in [0.3, 0.4) is 0 Å². The summed E-state index contributed by atoms with van der Waals surface area (Å²) >= 11 is 0. The molecule has 0 amide bonds. The van der Waals surface area contributed by atoms with E-state index in [9.17, 15) is 17.4 Å². The SMILES string of the molecule is CB(F)F.C[n+]1c(F)cccc1-c1cccc(F)[n+]1C. The third-order valence-electron chi connectivity index (χ3n) is 2.60. The van der Waals surface area contributed by atoms with E-state index in [4.69, 9.17) is 0 Å². The fourth-order valence-electron chi connectivity index (χ4n) is 1.63. The van der Waals surface area contributed by atoms with Gasteiger partial charge in [0.05, 0.1) is 0 Å². The minimum Gasteiger partial charge on any atom is -0.287 e. The van der Waals surface area contributed by atoms with Crippen molar-refractivity contribution in [2.24, 2.45) is 14.1 Å². The third-order valence-corrected chi connectivity index (χ3v) is 2.60. The predicted molar refractivity (Wildman–Crippen MR) is 68.0 cm³/mol. The van der Waals surface area contributed by atoms with E-state index in [2.05, 4.69) is 0 Å². The Bertz CT molecular complexity index is 538. The molecule has 106 valence electrons. The Morgan fingerprint density at radius 2 is 1.10 bits per heavy atom. The highest BCUT2D eigenvalue weighted by Gasteiger charge is 2.23. The van der Waals surface area contributed by atoms with E-state index in [0.717, 1.165) is 6.82 Å². The van der Waals surface area contributed by atoms with Crippen LogP contribution in [0.25, 0.3) is 11.4 Å². The second-order valence-electron chi connectivity index (χ2n) is 4.10. The topological polar surface area (TPSA) is 7.76 Å². The molecule has 0 atom stereocenters. The average molecular weight is 286 g/mol. The number of hydrogen-bond donors (Lipinski definition) is 0. The maximum atomic E-state index is 13.4.